The van der Waals surface area contributed by atoms with Gasteiger partial charge in [-0.05, 0) is 24.6 Å². The highest BCUT2D eigenvalue weighted by Gasteiger charge is 2.07. The summed E-state index contributed by atoms with van der Waals surface area (Å²) >= 11 is 5.98. The van der Waals surface area contributed by atoms with Gasteiger partial charge in [-0.25, -0.2) is 0 Å². The number of halogens is 1. The molecule has 1 heterocycles. The van der Waals surface area contributed by atoms with Crippen molar-refractivity contribution >= 4 is 28.4 Å². The Hall–Kier alpha value is -1.81. The van der Waals surface area contributed by atoms with Gasteiger partial charge in [0.1, 0.15) is 6.54 Å². The Kier molecular flexibility index (Phi) is 5.39. The summed E-state index contributed by atoms with van der Waals surface area (Å²) in [7, 11) is 0. The van der Waals surface area contributed by atoms with Gasteiger partial charge in [-0.2, -0.15) is 0 Å². The molecule has 1 amide bonds. The first-order chi connectivity index (χ1) is 10.1. The Balaban J connectivity index is 2.15. The fraction of sp³-hybridized carbons (Fsp3) is 0.375. The van der Waals surface area contributed by atoms with Crippen LogP contribution in [0.5, 0.6) is 0 Å². The molecule has 0 saturated heterocycles. The van der Waals surface area contributed by atoms with E-state index in [0.717, 1.165) is 19.3 Å². The zero-order valence-corrected chi connectivity index (χ0v) is 12.8. The molecule has 2 aromatic rings. The van der Waals surface area contributed by atoms with E-state index in [1.54, 1.807) is 29.0 Å². The molecule has 0 aliphatic rings. The van der Waals surface area contributed by atoms with Gasteiger partial charge in [-0.15, -0.1) is 0 Å². The molecule has 0 spiro atoms. The largest absolute Gasteiger partial charge is 0.355 e. The second kappa shape index (κ2) is 7.27. The van der Waals surface area contributed by atoms with Crippen LogP contribution in [0.3, 0.4) is 0 Å². The number of hydrogen-bond acceptors (Lipinski definition) is 2. The zero-order chi connectivity index (χ0) is 15.2. The number of rotatable bonds is 6. The molecule has 0 bridgehead atoms. The minimum Gasteiger partial charge on any atom is -0.355 e. The lowest BCUT2D eigenvalue weighted by molar-refractivity contribution is -0.121. The van der Waals surface area contributed by atoms with Crippen LogP contribution in [0.15, 0.2) is 35.3 Å². The third-order valence-electron chi connectivity index (χ3n) is 3.36. The quantitative estimate of drug-likeness (QED) is 0.834. The van der Waals surface area contributed by atoms with Gasteiger partial charge < -0.3 is 9.88 Å². The highest BCUT2D eigenvalue weighted by Crippen LogP contribution is 2.16. The molecule has 0 aliphatic carbocycles. The van der Waals surface area contributed by atoms with E-state index in [4.69, 9.17) is 11.6 Å². The maximum atomic E-state index is 11.9. The minimum absolute atomic E-state index is 0.0592. The normalized spacial score (nSPS) is 10.8. The van der Waals surface area contributed by atoms with E-state index in [-0.39, 0.29) is 17.9 Å². The van der Waals surface area contributed by atoms with E-state index in [1.807, 2.05) is 0 Å². The summed E-state index contributed by atoms with van der Waals surface area (Å²) in [5.41, 5.74) is 0.611. The molecule has 21 heavy (non-hydrogen) atoms. The SMILES string of the molecule is CCCCCNC(=O)Cn1ccc(=O)c2ccc(Cl)cc21. The first-order valence-corrected chi connectivity index (χ1v) is 7.55. The molecule has 0 saturated carbocycles. The summed E-state index contributed by atoms with van der Waals surface area (Å²) < 4.78 is 1.75. The van der Waals surface area contributed by atoms with Gasteiger partial charge in [-0.3, -0.25) is 9.59 Å². The van der Waals surface area contributed by atoms with Crippen LogP contribution < -0.4 is 10.7 Å². The Morgan fingerprint density at radius 1 is 1.29 bits per heavy atom. The van der Waals surface area contributed by atoms with Crippen LogP contribution in [-0.4, -0.2) is 17.0 Å². The van der Waals surface area contributed by atoms with Crippen LogP contribution in [-0.2, 0) is 11.3 Å². The molecule has 0 atom stereocenters. The van der Waals surface area contributed by atoms with Crippen molar-refractivity contribution in [2.24, 2.45) is 0 Å². The molecule has 1 N–H and O–H groups in total. The Morgan fingerprint density at radius 3 is 2.86 bits per heavy atom. The summed E-state index contributed by atoms with van der Waals surface area (Å²) in [6.45, 7) is 2.99. The number of carbonyl (C=O) groups excluding carboxylic acids is 1. The number of pyridine rings is 1. The van der Waals surface area contributed by atoms with Crippen molar-refractivity contribution in [2.75, 3.05) is 6.54 Å². The predicted octanol–water partition coefficient (Wildman–Crippen LogP) is 2.96. The number of unbranched alkanes of at least 4 members (excludes halogenated alkanes) is 2. The van der Waals surface area contributed by atoms with E-state index >= 15 is 0 Å². The minimum atomic E-state index is -0.0683. The predicted molar refractivity (Wildman–Crippen MR) is 85.8 cm³/mol. The Morgan fingerprint density at radius 2 is 2.10 bits per heavy atom. The lowest BCUT2D eigenvalue weighted by atomic mass is 10.2. The molecule has 4 nitrogen and oxygen atoms in total. The number of fused-ring (bicyclic) bond motifs is 1. The van der Waals surface area contributed by atoms with Crippen molar-refractivity contribution in [3.63, 3.8) is 0 Å². The van der Waals surface area contributed by atoms with Gasteiger partial charge >= 0.3 is 0 Å². The number of amides is 1. The average molecular weight is 307 g/mol. The Labute approximate surface area is 128 Å². The van der Waals surface area contributed by atoms with Crippen molar-refractivity contribution < 1.29 is 4.79 Å². The number of nitrogens with one attached hydrogen (secondary N) is 1. The molecule has 1 aromatic heterocycles. The lowest BCUT2D eigenvalue weighted by Gasteiger charge is -2.11. The van der Waals surface area contributed by atoms with Crippen molar-refractivity contribution in [3.8, 4) is 0 Å². The molecular formula is C16H19ClN2O2. The van der Waals surface area contributed by atoms with Crippen LogP contribution in [0.4, 0.5) is 0 Å². The summed E-state index contributed by atoms with van der Waals surface area (Å²) in [4.78, 5) is 23.8. The van der Waals surface area contributed by atoms with Crippen molar-refractivity contribution in [1.29, 1.82) is 0 Å². The van der Waals surface area contributed by atoms with Gasteiger partial charge in [0, 0.05) is 29.2 Å². The summed E-state index contributed by atoms with van der Waals surface area (Å²) in [6.07, 6.45) is 4.85. The van der Waals surface area contributed by atoms with Crippen LogP contribution in [0.25, 0.3) is 10.9 Å². The number of aromatic nitrogens is 1. The third kappa shape index (κ3) is 4.08. The Bertz CT molecular complexity index is 694. The van der Waals surface area contributed by atoms with E-state index < -0.39 is 0 Å². The molecule has 0 fully saturated rings. The van der Waals surface area contributed by atoms with Crippen molar-refractivity contribution in [1.82, 2.24) is 9.88 Å². The molecule has 112 valence electrons. The second-order valence-electron chi connectivity index (χ2n) is 5.03. The van der Waals surface area contributed by atoms with E-state index in [2.05, 4.69) is 12.2 Å². The number of carbonyl (C=O) groups is 1. The third-order valence-corrected chi connectivity index (χ3v) is 3.59. The monoisotopic (exact) mass is 306 g/mol. The van der Waals surface area contributed by atoms with Crippen LogP contribution in [0.1, 0.15) is 26.2 Å². The lowest BCUT2D eigenvalue weighted by Crippen LogP contribution is -2.28. The summed E-state index contributed by atoms with van der Waals surface area (Å²) in [5.74, 6) is -0.0592. The van der Waals surface area contributed by atoms with Gasteiger partial charge in [0.2, 0.25) is 5.91 Å². The van der Waals surface area contributed by atoms with E-state index in [9.17, 15) is 9.59 Å². The average Bonchev–Trinajstić information content (AvgIpc) is 2.46. The molecule has 0 radical (unpaired) electrons. The highest BCUT2D eigenvalue weighted by atomic mass is 35.5. The number of nitrogens with zero attached hydrogens (tertiary/aromatic N) is 1. The highest BCUT2D eigenvalue weighted by molar-refractivity contribution is 6.31. The first kappa shape index (κ1) is 15.6. The first-order valence-electron chi connectivity index (χ1n) is 7.17. The number of hydrogen-bond donors (Lipinski definition) is 1. The van der Waals surface area contributed by atoms with Gasteiger partial charge in [0.15, 0.2) is 5.43 Å². The van der Waals surface area contributed by atoms with Crippen LogP contribution in [0.2, 0.25) is 5.02 Å². The molecule has 2 rings (SSSR count). The summed E-state index contributed by atoms with van der Waals surface area (Å²) in [6, 6.07) is 6.55. The smallest absolute Gasteiger partial charge is 0.239 e. The maximum absolute atomic E-state index is 11.9. The maximum Gasteiger partial charge on any atom is 0.239 e. The van der Waals surface area contributed by atoms with Crippen LogP contribution >= 0.6 is 11.6 Å². The standard InChI is InChI=1S/C16H19ClN2O2/c1-2-3-4-8-18-16(21)11-19-9-7-15(20)13-6-5-12(17)10-14(13)19/h5-7,9-10H,2-4,8,11H2,1H3,(H,18,21). The van der Waals surface area contributed by atoms with Crippen LogP contribution in [0, 0.1) is 0 Å². The zero-order valence-electron chi connectivity index (χ0n) is 12.1. The molecule has 0 aliphatic heterocycles. The van der Waals surface area contributed by atoms with Gasteiger partial charge in [0.25, 0.3) is 0 Å². The molecule has 5 heteroatoms. The van der Waals surface area contributed by atoms with E-state index in [1.165, 1.54) is 6.07 Å². The topological polar surface area (TPSA) is 51.1 Å². The number of benzene rings is 1. The van der Waals surface area contributed by atoms with Crippen molar-refractivity contribution in [2.45, 2.75) is 32.7 Å². The summed E-state index contributed by atoms with van der Waals surface area (Å²) in [5, 5.41) is 4.01. The van der Waals surface area contributed by atoms with Gasteiger partial charge in [0.05, 0.1) is 5.52 Å². The fourth-order valence-electron chi connectivity index (χ4n) is 2.23. The van der Waals surface area contributed by atoms with Crippen molar-refractivity contribution in [3.05, 3.63) is 45.7 Å². The fourth-order valence-corrected chi connectivity index (χ4v) is 2.40. The molecular weight excluding hydrogens is 288 g/mol. The molecule has 1 aromatic carbocycles. The van der Waals surface area contributed by atoms with E-state index in [0.29, 0.717) is 22.5 Å². The second-order valence-corrected chi connectivity index (χ2v) is 5.46. The van der Waals surface area contributed by atoms with Gasteiger partial charge in [-0.1, -0.05) is 31.4 Å². The molecule has 0 unspecified atom stereocenters.